The van der Waals surface area contributed by atoms with E-state index < -0.39 is 0 Å². The number of fused-ring (bicyclic) bond motifs is 1. The largest absolute Gasteiger partial charge is 0.493 e. The van der Waals surface area contributed by atoms with Crippen LogP contribution in [0.15, 0.2) is 84.0 Å². The molecule has 1 N–H and O–H groups in total. The van der Waals surface area contributed by atoms with E-state index >= 15 is 0 Å². The van der Waals surface area contributed by atoms with Gasteiger partial charge in [-0.25, -0.2) is 10.4 Å². The van der Waals surface area contributed by atoms with Gasteiger partial charge in [0, 0.05) is 16.5 Å². The average Bonchev–Trinajstić information content (AvgIpc) is 2.83. The predicted octanol–water partition coefficient (Wildman–Crippen LogP) is 4.68. The maximum absolute atomic E-state index is 13.0. The molecule has 0 saturated carbocycles. The second kappa shape index (κ2) is 9.09. The zero-order chi connectivity index (χ0) is 21.6. The zero-order valence-corrected chi connectivity index (χ0v) is 17.2. The maximum Gasteiger partial charge on any atom is 0.272 e. The summed E-state index contributed by atoms with van der Waals surface area (Å²) >= 11 is 0. The Morgan fingerprint density at radius 2 is 1.71 bits per heavy atom. The molecule has 4 aromatic rings. The number of nitrogens with one attached hydrogen (secondary N) is 1. The van der Waals surface area contributed by atoms with Gasteiger partial charge in [-0.3, -0.25) is 4.79 Å². The van der Waals surface area contributed by atoms with Crippen molar-refractivity contribution in [3.8, 4) is 22.8 Å². The Morgan fingerprint density at radius 3 is 2.48 bits per heavy atom. The number of carbonyl (C=O) groups is 1. The molecule has 0 radical (unpaired) electrons. The van der Waals surface area contributed by atoms with E-state index in [2.05, 4.69) is 10.5 Å². The number of methoxy groups -OCH3 is 2. The van der Waals surface area contributed by atoms with Crippen molar-refractivity contribution in [2.45, 2.75) is 0 Å². The molecular formula is C25H21N3O3. The Bertz CT molecular complexity index is 1250. The minimum atomic E-state index is -0.325. The fraction of sp³-hybridized carbons (Fsp3) is 0.0800. The molecule has 3 aromatic carbocycles. The average molecular weight is 411 g/mol. The highest BCUT2D eigenvalue weighted by molar-refractivity contribution is 6.07. The number of benzene rings is 3. The Morgan fingerprint density at radius 1 is 0.935 bits per heavy atom. The van der Waals surface area contributed by atoms with Crippen LogP contribution in [0.2, 0.25) is 0 Å². The summed E-state index contributed by atoms with van der Waals surface area (Å²) in [4.78, 5) is 17.7. The summed E-state index contributed by atoms with van der Waals surface area (Å²) in [6.07, 6.45) is 1.53. The van der Waals surface area contributed by atoms with E-state index in [9.17, 15) is 4.79 Å². The molecule has 0 atom stereocenters. The number of aromatic nitrogens is 1. The Balaban J connectivity index is 1.66. The molecule has 1 heterocycles. The molecule has 0 unspecified atom stereocenters. The number of hydrogen-bond acceptors (Lipinski definition) is 5. The zero-order valence-electron chi connectivity index (χ0n) is 17.2. The fourth-order valence-electron chi connectivity index (χ4n) is 3.35. The summed E-state index contributed by atoms with van der Waals surface area (Å²) in [7, 11) is 3.13. The van der Waals surface area contributed by atoms with Crippen molar-refractivity contribution >= 4 is 23.0 Å². The van der Waals surface area contributed by atoms with Gasteiger partial charge < -0.3 is 9.47 Å². The van der Waals surface area contributed by atoms with Crippen LogP contribution in [-0.4, -0.2) is 31.3 Å². The minimum absolute atomic E-state index is 0.325. The number of carbonyl (C=O) groups excluding carboxylic acids is 1. The quantitative estimate of drug-likeness (QED) is 0.369. The Kier molecular flexibility index (Phi) is 5.89. The molecule has 0 saturated heterocycles. The van der Waals surface area contributed by atoms with E-state index in [0.29, 0.717) is 22.6 Å². The highest BCUT2D eigenvalue weighted by Crippen LogP contribution is 2.29. The van der Waals surface area contributed by atoms with Crippen molar-refractivity contribution in [2.24, 2.45) is 5.10 Å². The number of para-hydroxylation sites is 2. The SMILES string of the molecule is COc1cccc(C=NNC(=O)c2cc(-c3ccccc3)nc3ccccc23)c1OC. The van der Waals surface area contributed by atoms with Crippen molar-refractivity contribution in [2.75, 3.05) is 14.2 Å². The molecular weight excluding hydrogens is 390 g/mol. The van der Waals surface area contributed by atoms with Gasteiger partial charge in [0.25, 0.3) is 5.91 Å². The molecule has 0 bridgehead atoms. The lowest BCUT2D eigenvalue weighted by Gasteiger charge is -2.10. The minimum Gasteiger partial charge on any atom is -0.493 e. The lowest BCUT2D eigenvalue weighted by atomic mass is 10.0. The first-order chi connectivity index (χ1) is 15.2. The van der Waals surface area contributed by atoms with Gasteiger partial charge in [0.1, 0.15) is 0 Å². The van der Waals surface area contributed by atoms with Gasteiger partial charge in [-0.05, 0) is 24.3 Å². The number of amides is 1. The topological polar surface area (TPSA) is 72.8 Å². The van der Waals surface area contributed by atoms with Crippen LogP contribution < -0.4 is 14.9 Å². The molecule has 0 aliphatic heterocycles. The van der Waals surface area contributed by atoms with Gasteiger partial charge in [0.15, 0.2) is 11.5 Å². The van der Waals surface area contributed by atoms with Gasteiger partial charge in [-0.1, -0.05) is 54.6 Å². The molecule has 0 spiro atoms. The molecule has 6 nitrogen and oxygen atoms in total. The van der Waals surface area contributed by atoms with Gasteiger partial charge in [0.2, 0.25) is 0 Å². The van der Waals surface area contributed by atoms with Crippen molar-refractivity contribution in [1.82, 2.24) is 10.4 Å². The molecule has 6 heteroatoms. The number of pyridine rings is 1. The van der Waals surface area contributed by atoms with E-state index in [1.165, 1.54) is 6.21 Å². The Hall–Kier alpha value is -4.19. The van der Waals surface area contributed by atoms with E-state index in [1.807, 2.05) is 66.7 Å². The summed E-state index contributed by atoms with van der Waals surface area (Å²) in [5, 5.41) is 4.89. The lowest BCUT2D eigenvalue weighted by Crippen LogP contribution is -2.18. The van der Waals surface area contributed by atoms with Crippen LogP contribution in [0.4, 0.5) is 0 Å². The number of hydrazone groups is 1. The first kappa shape index (κ1) is 20.1. The van der Waals surface area contributed by atoms with Crippen LogP contribution in [0.1, 0.15) is 15.9 Å². The van der Waals surface area contributed by atoms with Crippen LogP contribution in [0.3, 0.4) is 0 Å². The van der Waals surface area contributed by atoms with Crippen molar-refractivity contribution in [3.05, 3.63) is 90.0 Å². The van der Waals surface area contributed by atoms with Gasteiger partial charge in [-0.15, -0.1) is 0 Å². The summed E-state index contributed by atoms with van der Waals surface area (Å²) in [5.41, 5.74) is 6.20. The summed E-state index contributed by atoms with van der Waals surface area (Å²) in [6.45, 7) is 0. The number of ether oxygens (including phenoxy) is 2. The van der Waals surface area contributed by atoms with E-state index in [4.69, 9.17) is 14.5 Å². The standard InChI is InChI=1S/C25H21N3O3/c1-30-23-14-8-11-18(24(23)31-2)16-26-28-25(29)20-15-22(17-9-4-3-5-10-17)27-21-13-7-6-12-19(20)21/h3-16H,1-2H3,(H,28,29). The first-order valence-electron chi connectivity index (χ1n) is 9.71. The fourth-order valence-corrected chi connectivity index (χ4v) is 3.35. The third-order valence-corrected chi connectivity index (χ3v) is 4.83. The summed E-state index contributed by atoms with van der Waals surface area (Å²) in [6, 6.07) is 24.5. The summed E-state index contributed by atoms with van der Waals surface area (Å²) in [5.74, 6) is 0.808. The molecule has 4 rings (SSSR count). The number of nitrogens with zero attached hydrogens (tertiary/aromatic N) is 2. The van der Waals surface area contributed by atoms with Gasteiger partial charge >= 0.3 is 0 Å². The van der Waals surface area contributed by atoms with Crippen LogP contribution in [-0.2, 0) is 0 Å². The van der Waals surface area contributed by atoms with Crippen molar-refractivity contribution in [3.63, 3.8) is 0 Å². The van der Waals surface area contributed by atoms with E-state index in [0.717, 1.165) is 22.2 Å². The van der Waals surface area contributed by atoms with Crippen LogP contribution in [0, 0.1) is 0 Å². The monoisotopic (exact) mass is 411 g/mol. The molecule has 1 aromatic heterocycles. The molecule has 0 fully saturated rings. The second-order valence-electron chi connectivity index (χ2n) is 6.72. The third-order valence-electron chi connectivity index (χ3n) is 4.83. The number of rotatable bonds is 6. The highest BCUT2D eigenvalue weighted by atomic mass is 16.5. The maximum atomic E-state index is 13.0. The highest BCUT2D eigenvalue weighted by Gasteiger charge is 2.14. The normalized spacial score (nSPS) is 10.9. The van der Waals surface area contributed by atoms with Crippen molar-refractivity contribution in [1.29, 1.82) is 0 Å². The van der Waals surface area contributed by atoms with E-state index in [-0.39, 0.29) is 5.91 Å². The Labute approximate surface area is 180 Å². The van der Waals surface area contributed by atoms with Crippen LogP contribution >= 0.6 is 0 Å². The number of hydrogen-bond donors (Lipinski definition) is 1. The second-order valence-corrected chi connectivity index (χ2v) is 6.72. The van der Waals surface area contributed by atoms with E-state index in [1.54, 1.807) is 26.4 Å². The van der Waals surface area contributed by atoms with Crippen LogP contribution in [0.5, 0.6) is 11.5 Å². The smallest absolute Gasteiger partial charge is 0.272 e. The molecule has 0 aliphatic carbocycles. The predicted molar refractivity (Wildman–Crippen MR) is 122 cm³/mol. The van der Waals surface area contributed by atoms with Gasteiger partial charge in [0.05, 0.1) is 37.2 Å². The van der Waals surface area contributed by atoms with Crippen LogP contribution in [0.25, 0.3) is 22.2 Å². The molecule has 31 heavy (non-hydrogen) atoms. The lowest BCUT2D eigenvalue weighted by molar-refractivity contribution is 0.0956. The third kappa shape index (κ3) is 4.23. The van der Waals surface area contributed by atoms with Crippen molar-refractivity contribution < 1.29 is 14.3 Å². The molecule has 0 aliphatic rings. The molecule has 154 valence electrons. The first-order valence-corrected chi connectivity index (χ1v) is 9.71. The summed E-state index contributed by atoms with van der Waals surface area (Å²) < 4.78 is 10.7. The van der Waals surface area contributed by atoms with Gasteiger partial charge in [-0.2, -0.15) is 5.10 Å². The molecule has 1 amide bonds.